The minimum Gasteiger partial charge on any atom is -0.379 e. The molecule has 1 aliphatic heterocycles. The van der Waals surface area contributed by atoms with Crippen LogP contribution in [0.25, 0.3) is 0 Å². The molecular weight excluding hydrogens is 767 g/mol. The zero-order valence-corrected chi connectivity index (χ0v) is 38.7. The summed E-state index contributed by atoms with van der Waals surface area (Å²) in [4.78, 5) is 66.8. The summed E-state index contributed by atoms with van der Waals surface area (Å²) in [6, 6.07) is 7.80. The highest BCUT2D eigenvalue weighted by molar-refractivity contribution is 7.09. The molecule has 0 unspecified atom stereocenters. The third-order valence-corrected chi connectivity index (χ3v) is 13.0. The van der Waals surface area contributed by atoms with Crippen LogP contribution in [0.5, 0.6) is 0 Å². The number of ether oxygens (including phenoxy) is 2. The highest BCUT2D eigenvalue weighted by Gasteiger charge is 2.43. The molecule has 1 aromatic heterocycles. The van der Waals surface area contributed by atoms with Gasteiger partial charge in [-0.1, -0.05) is 85.2 Å². The van der Waals surface area contributed by atoms with Crippen molar-refractivity contribution in [2.75, 3.05) is 55.0 Å². The molecule has 1 aromatic carbocycles. The van der Waals surface area contributed by atoms with Crippen LogP contribution in [0.4, 0.5) is 0 Å². The molecule has 4 amide bonds. The molecular formula is C45H75N7O6S. The molecule has 3 N–H and O–H groups in total. The molecule has 1 aliphatic rings. The topological polar surface area (TPSA) is 145 Å². The molecule has 1 fully saturated rings. The second-order valence-electron chi connectivity index (χ2n) is 17.1. The number of benzene rings is 1. The van der Waals surface area contributed by atoms with E-state index in [-0.39, 0.29) is 59.9 Å². The Kier molecular flexibility index (Phi) is 20.9. The van der Waals surface area contributed by atoms with Crippen LogP contribution in [-0.2, 0) is 35.1 Å². The van der Waals surface area contributed by atoms with E-state index < -0.39 is 36.3 Å². The Bertz CT molecular complexity index is 1560. The zero-order chi connectivity index (χ0) is 43.8. The number of likely N-dealkylation sites (N-methyl/N-ethyl adjacent to an activating group) is 2. The summed E-state index contributed by atoms with van der Waals surface area (Å²) in [6.07, 6.45) is 4.36. The van der Waals surface area contributed by atoms with Crippen molar-refractivity contribution in [3.8, 4) is 0 Å². The largest absolute Gasteiger partial charge is 0.379 e. The van der Waals surface area contributed by atoms with E-state index in [2.05, 4.69) is 39.7 Å². The van der Waals surface area contributed by atoms with E-state index in [0.29, 0.717) is 19.4 Å². The molecule has 59 heavy (non-hydrogen) atoms. The number of carbonyl (C=O) groups is 4. The lowest BCUT2D eigenvalue weighted by Crippen LogP contribution is -2.60. The number of aromatic nitrogens is 1. The maximum atomic E-state index is 14.5. The van der Waals surface area contributed by atoms with E-state index in [9.17, 15) is 19.2 Å². The number of carbonyl (C=O) groups excluding carboxylic acids is 4. The molecule has 9 atom stereocenters. The molecule has 0 spiro atoms. The van der Waals surface area contributed by atoms with Crippen LogP contribution in [0.1, 0.15) is 97.2 Å². The number of nitrogens with one attached hydrogen (secondary N) is 3. The zero-order valence-electron chi connectivity index (χ0n) is 37.9. The summed E-state index contributed by atoms with van der Waals surface area (Å²) >= 11 is 1.51. The predicted octanol–water partition coefficient (Wildman–Crippen LogP) is 5.17. The summed E-state index contributed by atoms with van der Waals surface area (Å²) < 4.78 is 12.2. The number of methoxy groups -OCH3 is 2. The Hall–Kier alpha value is -3.43. The first-order valence-corrected chi connectivity index (χ1v) is 22.5. The van der Waals surface area contributed by atoms with Crippen molar-refractivity contribution in [2.45, 2.75) is 129 Å². The van der Waals surface area contributed by atoms with E-state index in [1.54, 1.807) is 32.4 Å². The predicted molar refractivity (Wildman–Crippen MR) is 236 cm³/mol. The molecule has 13 nitrogen and oxygen atoms in total. The Balaban J connectivity index is 1.78. The standard InChI is InChI=1S/C45H75N7O6S/c1-13-31(6)40(51(10)45(56)38(29(2)3)49-43(55)39(30(4)5)50(9)24-18-22-46-8)36(57-11)28-37(53)52-25-17-21-35(52)41(58-12)32(7)42(54)48-34(44-47-23-26-59-44)27-33-19-15-14-16-20-33/h14-16,19-20,23,26,29-32,34-36,38-41,46H,13,17-18,21-22,24-25,27-28H2,1-12H3,(H,48,54)(H,49,55)/t31-,32+,34-,35-,36+,38-,39-,40-,41+/m0/s1. The number of rotatable bonds is 25. The van der Waals surface area contributed by atoms with Crippen molar-refractivity contribution in [3.63, 3.8) is 0 Å². The Morgan fingerprint density at radius 3 is 2.22 bits per heavy atom. The summed E-state index contributed by atoms with van der Waals surface area (Å²) in [6.45, 7) is 16.1. The molecule has 1 saturated heterocycles. The lowest BCUT2D eigenvalue weighted by molar-refractivity contribution is -0.148. The van der Waals surface area contributed by atoms with Gasteiger partial charge in [-0.3, -0.25) is 24.1 Å². The highest BCUT2D eigenvalue weighted by atomic mass is 32.1. The lowest BCUT2D eigenvalue weighted by Gasteiger charge is -2.41. The van der Waals surface area contributed by atoms with E-state index in [0.717, 1.165) is 42.9 Å². The third-order valence-electron chi connectivity index (χ3n) is 12.2. The first kappa shape index (κ1) is 49.9. The summed E-state index contributed by atoms with van der Waals surface area (Å²) in [5.74, 6) is -1.37. The number of thiazole rings is 1. The SMILES string of the molecule is CC[C@H](C)[C@@H]([C@@H](CC(=O)N1CCC[C@H]1[C@H](OC)[C@@H](C)C(=O)N[C@@H](Cc1ccccc1)c1nccs1)OC)N(C)C(=O)[C@@H](NC(=O)[C@H](C(C)C)N(C)CCCNC)C(C)C. The molecule has 2 aromatic rings. The summed E-state index contributed by atoms with van der Waals surface area (Å²) in [5.41, 5.74) is 1.09. The van der Waals surface area contributed by atoms with Gasteiger partial charge in [-0.05, 0) is 76.2 Å². The van der Waals surface area contributed by atoms with Crippen LogP contribution in [-0.4, -0.2) is 135 Å². The van der Waals surface area contributed by atoms with Crippen molar-refractivity contribution in [1.82, 2.24) is 35.6 Å². The maximum Gasteiger partial charge on any atom is 0.245 e. The molecule has 0 saturated carbocycles. The highest BCUT2D eigenvalue weighted by Crippen LogP contribution is 2.30. The minimum absolute atomic E-state index is 0.0154. The fraction of sp³-hybridized carbons (Fsp3) is 0.711. The molecule has 2 heterocycles. The average molecular weight is 842 g/mol. The molecule has 332 valence electrons. The average Bonchev–Trinajstić information content (AvgIpc) is 3.93. The van der Waals surface area contributed by atoms with E-state index in [1.165, 1.54) is 11.3 Å². The molecule has 14 heteroatoms. The van der Waals surface area contributed by atoms with Gasteiger partial charge in [-0.2, -0.15) is 0 Å². The first-order valence-electron chi connectivity index (χ1n) is 21.6. The summed E-state index contributed by atoms with van der Waals surface area (Å²) in [5, 5.41) is 12.3. The fourth-order valence-electron chi connectivity index (χ4n) is 8.69. The number of amides is 4. The molecule has 0 aliphatic carbocycles. The van der Waals surface area contributed by atoms with Gasteiger partial charge in [0.05, 0.1) is 48.7 Å². The molecule has 0 radical (unpaired) electrons. The Morgan fingerprint density at radius 1 is 0.966 bits per heavy atom. The van der Waals surface area contributed by atoms with E-state index in [4.69, 9.17) is 9.47 Å². The van der Waals surface area contributed by atoms with Gasteiger partial charge in [0.15, 0.2) is 0 Å². The van der Waals surface area contributed by atoms with Crippen LogP contribution in [0.15, 0.2) is 41.9 Å². The van der Waals surface area contributed by atoms with Gasteiger partial charge in [0.1, 0.15) is 11.0 Å². The monoisotopic (exact) mass is 842 g/mol. The van der Waals surface area contributed by atoms with Crippen molar-refractivity contribution >= 4 is 35.0 Å². The van der Waals surface area contributed by atoms with Crippen molar-refractivity contribution in [1.29, 1.82) is 0 Å². The van der Waals surface area contributed by atoms with Crippen LogP contribution in [0.2, 0.25) is 0 Å². The minimum atomic E-state index is -0.764. The van der Waals surface area contributed by atoms with Crippen LogP contribution in [0, 0.1) is 23.7 Å². The van der Waals surface area contributed by atoms with Gasteiger partial charge in [-0.25, -0.2) is 4.98 Å². The van der Waals surface area contributed by atoms with Crippen LogP contribution in [0.3, 0.4) is 0 Å². The number of nitrogens with zero attached hydrogens (tertiary/aromatic N) is 4. The van der Waals surface area contributed by atoms with Crippen molar-refractivity contribution < 1.29 is 28.7 Å². The summed E-state index contributed by atoms with van der Waals surface area (Å²) in [7, 11) is 8.82. The number of likely N-dealkylation sites (tertiary alicyclic amines) is 1. The van der Waals surface area contributed by atoms with Gasteiger partial charge in [0.2, 0.25) is 23.6 Å². The van der Waals surface area contributed by atoms with Crippen molar-refractivity contribution in [3.05, 3.63) is 52.5 Å². The number of hydrogen-bond donors (Lipinski definition) is 3. The van der Waals surface area contributed by atoms with Crippen LogP contribution < -0.4 is 16.0 Å². The van der Waals surface area contributed by atoms with Gasteiger partial charge in [-0.15, -0.1) is 11.3 Å². The normalized spacial score (nSPS) is 18.6. The smallest absolute Gasteiger partial charge is 0.245 e. The van der Waals surface area contributed by atoms with Crippen molar-refractivity contribution in [2.24, 2.45) is 23.7 Å². The van der Waals surface area contributed by atoms with Crippen LogP contribution >= 0.6 is 11.3 Å². The Labute approximate surface area is 358 Å². The van der Waals surface area contributed by atoms with Gasteiger partial charge in [0, 0.05) is 39.4 Å². The Morgan fingerprint density at radius 2 is 1.66 bits per heavy atom. The van der Waals surface area contributed by atoms with E-state index >= 15 is 0 Å². The second-order valence-corrected chi connectivity index (χ2v) is 18.0. The molecule has 0 bridgehead atoms. The van der Waals surface area contributed by atoms with Gasteiger partial charge < -0.3 is 35.2 Å². The quantitative estimate of drug-likeness (QED) is 0.115. The molecule has 3 rings (SSSR count). The maximum absolute atomic E-state index is 14.5. The second kappa shape index (κ2) is 24.7. The lowest BCUT2D eigenvalue weighted by atomic mass is 9.89. The van der Waals surface area contributed by atoms with Gasteiger partial charge >= 0.3 is 0 Å². The van der Waals surface area contributed by atoms with Gasteiger partial charge in [0.25, 0.3) is 0 Å². The number of hydrogen-bond acceptors (Lipinski definition) is 10. The van der Waals surface area contributed by atoms with E-state index in [1.807, 2.05) is 89.3 Å². The fourth-order valence-corrected chi connectivity index (χ4v) is 9.38. The third kappa shape index (κ3) is 13.8. The first-order chi connectivity index (χ1) is 28.1.